The first-order valence-electron chi connectivity index (χ1n) is 11.9. The minimum Gasteiger partial charge on any atom is -0.454 e. The zero-order chi connectivity index (χ0) is 23.1. The molecule has 8 nitrogen and oxygen atoms in total. The lowest BCUT2D eigenvalue weighted by Gasteiger charge is -2.51. The predicted molar refractivity (Wildman–Crippen MR) is 122 cm³/mol. The molecule has 4 fully saturated rings. The molecule has 3 saturated heterocycles. The summed E-state index contributed by atoms with van der Waals surface area (Å²) in [7, 11) is 0. The van der Waals surface area contributed by atoms with Crippen LogP contribution in [0.15, 0.2) is 27.4 Å². The van der Waals surface area contributed by atoms with Crippen molar-refractivity contribution in [3.8, 4) is 0 Å². The van der Waals surface area contributed by atoms with Gasteiger partial charge in [-0.05, 0) is 36.6 Å². The number of carbonyl (C=O) groups excluding carboxylic acids is 2. The molecule has 1 aliphatic carbocycles. The summed E-state index contributed by atoms with van der Waals surface area (Å²) >= 11 is 1.48. The van der Waals surface area contributed by atoms with E-state index in [-0.39, 0.29) is 23.8 Å². The lowest BCUT2D eigenvalue weighted by atomic mass is 9.80. The number of rotatable bonds is 7. The molecule has 1 saturated carbocycles. The number of fused-ring (bicyclic) bond motifs is 3. The smallest absolute Gasteiger partial charge is 0.343 e. The van der Waals surface area contributed by atoms with Gasteiger partial charge in [-0.1, -0.05) is 18.0 Å². The Hall–Kier alpha value is -2.23. The largest absolute Gasteiger partial charge is 0.454 e. The summed E-state index contributed by atoms with van der Waals surface area (Å²) in [6.07, 6.45) is 5.25. The van der Waals surface area contributed by atoms with E-state index in [1.165, 1.54) is 11.3 Å². The second kappa shape index (κ2) is 8.85. The van der Waals surface area contributed by atoms with Gasteiger partial charge < -0.3 is 24.2 Å². The number of nitrogens with zero attached hydrogens (tertiary/aromatic N) is 2. The Morgan fingerprint density at radius 3 is 2.70 bits per heavy atom. The fraction of sp³-hybridized carbons (Fsp3) is 0.625. The Labute approximate surface area is 197 Å². The quantitative estimate of drug-likeness (QED) is 0.472. The number of nitrogens with one attached hydrogen (secondary N) is 1. The Morgan fingerprint density at radius 1 is 1.30 bits per heavy atom. The summed E-state index contributed by atoms with van der Waals surface area (Å²) in [6, 6.07) is 3.53. The van der Waals surface area contributed by atoms with Crippen LogP contribution >= 0.6 is 11.3 Å². The number of thiophene rings is 1. The molecule has 6 rings (SSSR count). The molecule has 3 aliphatic heterocycles. The maximum Gasteiger partial charge on any atom is 0.343 e. The Bertz CT molecular complexity index is 992. The topological polar surface area (TPSA) is 102 Å². The van der Waals surface area contributed by atoms with Crippen molar-refractivity contribution in [3.63, 3.8) is 0 Å². The van der Waals surface area contributed by atoms with E-state index in [1.54, 1.807) is 13.0 Å². The fourth-order valence-electron chi connectivity index (χ4n) is 6.06. The van der Waals surface area contributed by atoms with Gasteiger partial charge in [0, 0.05) is 36.3 Å². The molecule has 1 amide bonds. The van der Waals surface area contributed by atoms with Gasteiger partial charge in [-0.3, -0.25) is 4.79 Å². The van der Waals surface area contributed by atoms with Gasteiger partial charge in [0.2, 0.25) is 0 Å². The van der Waals surface area contributed by atoms with Crippen molar-refractivity contribution in [2.24, 2.45) is 11.8 Å². The van der Waals surface area contributed by atoms with Crippen molar-refractivity contribution in [1.29, 1.82) is 0 Å². The molecule has 2 aromatic rings. The van der Waals surface area contributed by atoms with Crippen molar-refractivity contribution in [2.45, 2.75) is 57.2 Å². The van der Waals surface area contributed by atoms with Gasteiger partial charge in [0.25, 0.3) is 5.91 Å². The SMILES string of the molecule is Cc1cc(NC(=O)C[N+]23CCC(CC2)C(OC(=O)[C@](O)(c2ccsc2)C2CCCC2)C3)no1. The van der Waals surface area contributed by atoms with Crippen LogP contribution in [0.25, 0.3) is 0 Å². The van der Waals surface area contributed by atoms with E-state index >= 15 is 0 Å². The summed E-state index contributed by atoms with van der Waals surface area (Å²) in [4.78, 5) is 26.2. The highest BCUT2D eigenvalue weighted by Crippen LogP contribution is 2.44. The number of aryl methyl sites for hydroxylation is 1. The van der Waals surface area contributed by atoms with Crippen LogP contribution in [0.3, 0.4) is 0 Å². The summed E-state index contributed by atoms with van der Waals surface area (Å²) in [5, 5.41) is 22.1. The number of ether oxygens (including phenoxy) is 1. The van der Waals surface area contributed by atoms with Gasteiger partial charge in [-0.25, -0.2) is 4.79 Å². The minimum atomic E-state index is -1.59. The van der Waals surface area contributed by atoms with Gasteiger partial charge >= 0.3 is 5.97 Å². The van der Waals surface area contributed by atoms with E-state index in [2.05, 4.69) is 10.5 Å². The average Bonchev–Trinajstić information content (AvgIpc) is 3.57. The van der Waals surface area contributed by atoms with Crippen molar-refractivity contribution in [3.05, 3.63) is 34.2 Å². The maximum absolute atomic E-state index is 13.5. The van der Waals surface area contributed by atoms with Crippen LogP contribution in [-0.4, -0.2) is 58.9 Å². The number of piperidine rings is 3. The summed E-state index contributed by atoms with van der Waals surface area (Å²) in [5.74, 6) is 0.596. The Morgan fingerprint density at radius 2 is 2.06 bits per heavy atom. The molecule has 0 radical (unpaired) electrons. The molecule has 33 heavy (non-hydrogen) atoms. The van der Waals surface area contributed by atoms with E-state index in [0.29, 0.717) is 34.7 Å². The first-order chi connectivity index (χ1) is 15.9. The third-order valence-electron chi connectivity index (χ3n) is 7.89. The number of aromatic nitrogens is 1. The third-order valence-corrected chi connectivity index (χ3v) is 8.58. The molecule has 2 N–H and O–H groups in total. The molecule has 0 aromatic carbocycles. The number of quaternary nitrogens is 1. The van der Waals surface area contributed by atoms with Crippen LogP contribution in [0, 0.1) is 18.8 Å². The Balaban J connectivity index is 1.28. The van der Waals surface area contributed by atoms with Crippen LogP contribution in [0.5, 0.6) is 0 Å². The van der Waals surface area contributed by atoms with E-state index < -0.39 is 11.6 Å². The number of carbonyl (C=O) groups is 2. The average molecular weight is 475 g/mol. The molecule has 5 heterocycles. The fourth-order valence-corrected chi connectivity index (χ4v) is 6.77. The highest BCUT2D eigenvalue weighted by molar-refractivity contribution is 7.08. The zero-order valence-corrected chi connectivity index (χ0v) is 19.8. The second-order valence-corrected chi connectivity index (χ2v) is 10.8. The predicted octanol–water partition coefficient (Wildman–Crippen LogP) is 3.21. The van der Waals surface area contributed by atoms with Gasteiger partial charge in [0.15, 0.2) is 24.1 Å². The van der Waals surface area contributed by atoms with Gasteiger partial charge in [-0.15, -0.1) is 0 Å². The molecule has 2 atom stereocenters. The summed E-state index contributed by atoms with van der Waals surface area (Å²) in [5.41, 5.74) is -0.938. The van der Waals surface area contributed by atoms with E-state index in [4.69, 9.17) is 9.26 Å². The first-order valence-corrected chi connectivity index (χ1v) is 12.9. The highest BCUT2D eigenvalue weighted by atomic mass is 32.1. The van der Waals surface area contributed by atoms with Crippen molar-refractivity contribution in [2.75, 3.05) is 31.5 Å². The lowest BCUT2D eigenvalue weighted by molar-refractivity contribution is -0.939. The maximum atomic E-state index is 13.5. The standard InChI is InChI=1S/C24H31N3O5S/c1-16-12-21(26-32-16)25-22(28)14-27-9-6-17(7-10-27)20(13-27)31-23(29)24(30,18-4-2-3-5-18)19-8-11-33-15-19/h8,11-12,15,17-18,20,30H,2-7,9-10,13-14H2,1H3/p+1/t17?,20?,24-,27?/m1/s1. The van der Waals surface area contributed by atoms with Gasteiger partial charge in [0.05, 0.1) is 13.1 Å². The van der Waals surface area contributed by atoms with Crippen LogP contribution in [0.4, 0.5) is 5.82 Å². The van der Waals surface area contributed by atoms with Gasteiger partial charge in [-0.2, -0.15) is 11.3 Å². The van der Waals surface area contributed by atoms with E-state index in [0.717, 1.165) is 51.6 Å². The molecule has 4 aliphatic rings. The number of amides is 1. The number of hydrogen-bond acceptors (Lipinski definition) is 7. The Kier molecular flexibility index (Phi) is 6.05. The number of hydrogen-bond donors (Lipinski definition) is 2. The molecule has 0 spiro atoms. The molecule has 2 bridgehead atoms. The second-order valence-electron chi connectivity index (χ2n) is 10.0. The molecular weight excluding hydrogens is 442 g/mol. The minimum absolute atomic E-state index is 0.111. The van der Waals surface area contributed by atoms with E-state index in [9.17, 15) is 14.7 Å². The van der Waals surface area contributed by atoms with Crippen molar-refractivity contribution in [1.82, 2.24) is 5.16 Å². The number of esters is 1. The third kappa shape index (κ3) is 4.34. The first kappa shape index (κ1) is 22.6. The lowest BCUT2D eigenvalue weighted by Crippen LogP contribution is -2.66. The monoisotopic (exact) mass is 474 g/mol. The molecule has 2 aromatic heterocycles. The van der Waals surface area contributed by atoms with Crippen LogP contribution in [0.1, 0.15) is 49.8 Å². The normalized spacial score (nSPS) is 29.0. The number of aliphatic hydroxyl groups is 1. The van der Waals surface area contributed by atoms with Crippen LogP contribution < -0.4 is 5.32 Å². The van der Waals surface area contributed by atoms with Gasteiger partial charge in [0.1, 0.15) is 12.3 Å². The van der Waals surface area contributed by atoms with Crippen molar-refractivity contribution < 1.29 is 28.4 Å². The summed E-state index contributed by atoms with van der Waals surface area (Å²) in [6.45, 7) is 4.47. The summed E-state index contributed by atoms with van der Waals surface area (Å²) < 4.78 is 11.7. The molecular formula is C24H32N3O5S+. The van der Waals surface area contributed by atoms with Crippen LogP contribution in [0.2, 0.25) is 0 Å². The highest BCUT2D eigenvalue weighted by Gasteiger charge is 2.53. The van der Waals surface area contributed by atoms with Crippen LogP contribution in [-0.2, 0) is 19.9 Å². The number of anilines is 1. The van der Waals surface area contributed by atoms with Crippen molar-refractivity contribution >= 4 is 29.0 Å². The zero-order valence-electron chi connectivity index (χ0n) is 19.0. The van der Waals surface area contributed by atoms with E-state index in [1.807, 2.05) is 16.8 Å². The molecule has 178 valence electrons. The molecule has 1 unspecified atom stereocenters. The molecule has 9 heteroatoms.